The van der Waals surface area contributed by atoms with E-state index in [0.29, 0.717) is 43.1 Å². The molecule has 0 saturated carbocycles. The number of carbonyl (C=O) groups excluding carboxylic acids is 1. The summed E-state index contributed by atoms with van der Waals surface area (Å²) in [5, 5.41) is 7.49. The van der Waals surface area contributed by atoms with Crippen molar-refractivity contribution in [2.24, 2.45) is 0 Å². The maximum absolute atomic E-state index is 12.7. The van der Waals surface area contributed by atoms with Gasteiger partial charge in [0, 0.05) is 25.4 Å². The zero-order chi connectivity index (χ0) is 25.1. The number of halogens is 3. The summed E-state index contributed by atoms with van der Waals surface area (Å²) >= 11 is 0. The van der Waals surface area contributed by atoms with Gasteiger partial charge in [-0.1, -0.05) is 41.1 Å². The molecule has 1 aliphatic rings. The van der Waals surface area contributed by atoms with E-state index in [9.17, 15) is 18.0 Å². The van der Waals surface area contributed by atoms with Crippen molar-refractivity contribution < 1.29 is 27.2 Å². The van der Waals surface area contributed by atoms with Crippen LogP contribution >= 0.6 is 0 Å². The van der Waals surface area contributed by atoms with E-state index < -0.39 is 11.7 Å². The highest BCUT2D eigenvalue weighted by atomic mass is 19.4. The summed E-state index contributed by atoms with van der Waals surface area (Å²) in [6.45, 7) is 1.10. The van der Waals surface area contributed by atoms with Gasteiger partial charge in [-0.05, 0) is 48.7 Å². The molecule has 3 heterocycles. The van der Waals surface area contributed by atoms with Gasteiger partial charge in [-0.15, -0.1) is 0 Å². The van der Waals surface area contributed by atoms with Crippen LogP contribution in [-0.4, -0.2) is 34.2 Å². The number of amides is 2. The first kappa shape index (κ1) is 23.4. The largest absolute Gasteiger partial charge is 0.439 e. The summed E-state index contributed by atoms with van der Waals surface area (Å²) in [5.41, 5.74) is 1.91. The lowest BCUT2D eigenvalue weighted by Gasteiger charge is -2.28. The molecule has 2 aromatic heterocycles. The third kappa shape index (κ3) is 5.32. The Labute approximate surface area is 204 Å². The fraction of sp³-hybridized carbons (Fsp3) is 0.192. The minimum absolute atomic E-state index is 0.0756. The zero-order valence-electron chi connectivity index (χ0n) is 19.0. The molecule has 0 radical (unpaired) electrons. The molecule has 5 rings (SSSR count). The molecule has 2 aromatic carbocycles. The van der Waals surface area contributed by atoms with Gasteiger partial charge in [-0.25, -0.2) is 9.78 Å². The van der Waals surface area contributed by atoms with E-state index in [-0.39, 0.29) is 11.9 Å². The summed E-state index contributed by atoms with van der Waals surface area (Å²) in [7, 11) is 0. The average Bonchev–Trinajstić information content (AvgIpc) is 3.27. The van der Waals surface area contributed by atoms with E-state index >= 15 is 0 Å². The van der Waals surface area contributed by atoms with Crippen LogP contribution in [0.1, 0.15) is 24.0 Å². The number of carbonyl (C=O) groups is 1. The molecule has 0 atom stereocenters. The van der Waals surface area contributed by atoms with E-state index in [1.807, 2.05) is 36.4 Å². The number of aromatic nitrogens is 2. The molecule has 4 aromatic rings. The summed E-state index contributed by atoms with van der Waals surface area (Å²) in [6, 6.07) is 16.5. The summed E-state index contributed by atoms with van der Waals surface area (Å²) < 4.78 is 49.0. The van der Waals surface area contributed by atoms with Crippen LogP contribution < -0.4 is 10.1 Å². The number of urea groups is 1. The molecule has 7 nitrogen and oxygen atoms in total. The van der Waals surface area contributed by atoms with Crippen molar-refractivity contribution in [1.82, 2.24) is 15.0 Å². The zero-order valence-corrected chi connectivity index (χ0v) is 19.0. The molecule has 184 valence electrons. The van der Waals surface area contributed by atoms with Crippen LogP contribution in [0, 0.1) is 0 Å². The highest BCUT2D eigenvalue weighted by molar-refractivity contribution is 5.97. The molecule has 0 aliphatic carbocycles. The van der Waals surface area contributed by atoms with Crippen LogP contribution in [0.2, 0.25) is 0 Å². The van der Waals surface area contributed by atoms with Gasteiger partial charge < -0.3 is 14.2 Å². The van der Waals surface area contributed by atoms with Crippen molar-refractivity contribution in [1.29, 1.82) is 0 Å². The van der Waals surface area contributed by atoms with E-state index in [1.54, 1.807) is 23.1 Å². The Bertz CT molecular complexity index is 1400. The van der Waals surface area contributed by atoms with Crippen molar-refractivity contribution in [3.8, 4) is 11.6 Å². The first-order valence-corrected chi connectivity index (χ1v) is 11.3. The number of hydrogen-bond donors (Lipinski definition) is 1. The number of nitrogens with zero attached hydrogens (tertiary/aromatic N) is 3. The van der Waals surface area contributed by atoms with Crippen LogP contribution in [0.25, 0.3) is 17.0 Å². The predicted octanol–water partition coefficient (Wildman–Crippen LogP) is 6.75. The third-order valence-electron chi connectivity index (χ3n) is 5.81. The minimum Gasteiger partial charge on any atom is -0.439 e. The number of alkyl halides is 3. The number of likely N-dealkylation sites (tertiary alicyclic amines) is 1. The summed E-state index contributed by atoms with van der Waals surface area (Å²) in [6.07, 6.45) is -0.257. The van der Waals surface area contributed by atoms with Crippen LogP contribution in [-0.2, 0) is 6.18 Å². The van der Waals surface area contributed by atoms with E-state index in [0.717, 1.165) is 23.2 Å². The molecule has 1 fully saturated rings. The van der Waals surface area contributed by atoms with Gasteiger partial charge in [0.15, 0.2) is 0 Å². The van der Waals surface area contributed by atoms with Crippen molar-refractivity contribution >= 4 is 28.9 Å². The van der Waals surface area contributed by atoms with Crippen molar-refractivity contribution in [3.63, 3.8) is 0 Å². The number of piperidine rings is 1. The lowest BCUT2D eigenvalue weighted by Crippen LogP contribution is -2.39. The SMILES string of the molecule is O=C(Nc1onc2ccccc12)N1CCC(=Cc2cccc(Oc3ccc(C(F)(F)F)cn3)c2)CC1. The highest BCUT2D eigenvalue weighted by Gasteiger charge is 2.30. The summed E-state index contributed by atoms with van der Waals surface area (Å²) in [4.78, 5) is 18.2. The van der Waals surface area contributed by atoms with E-state index in [1.165, 1.54) is 11.6 Å². The van der Waals surface area contributed by atoms with E-state index in [2.05, 4.69) is 15.5 Å². The molecule has 0 spiro atoms. The Hall–Kier alpha value is -4.34. The standard InChI is InChI=1S/C26H21F3N4O3/c27-26(28,29)19-8-9-23(30-16-19)35-20-5-3-4-18(15-20)14-17-10-12-33(13-11-17)25(34)31-24-21-6-1-2-7-22(21)32-36-24/h1-9,14-16H,10-13H2,(H,31,34). The molecule has 0 unspecified atom stereocenters. The van der Waals surface area contributed by atoms with Crippen LogP contribution in [0.5, 0.6) is 11.6 Å². The highest BCUT2D eigenvalue weighted by Crippen LogP contribution is 2.30. The second-order valence-corrected chi connectivity index (χ2v) is 8.31. The van der Waals surface area contributed by atoms with Gasteiger partial charge in [0.1, 0.15) is 11.3 Å². The normalized spacial score (nSPS) is 14.1. The molecule has 1 N–H and O–H groups in total. The number of benzene rings is 2. The number of ether oxygens (including phenoxy) is 1. The Morgan fingerprint density at radius 1 is 1.06 bits per heavy atom. The first-order chi connectivity index (χ1) is 17.3. The molecular weight excluding hydrogens is 473 g/mol. The fourth-order valence-electron chi connectivity index (χ4n) is 3.93. The Balaban J connectivity index is 1.18. The molecule has 1 saturated heterocycles. The van der Waals surface area contributed by atoms with Gasteiger partial charge >= 0.3 is 12.2 Å². The molecule has 0 bridgehead atoms. The average molecular weight is 494 g/mol. The number of nitrogens with one attached hydrogen (secondary N) is 1. The molecule has 10 heteroatoms. The predicted molar refractivity (Wildman–Crippen MR) is 128 cm³/mol. The maximum atomic E-state index is 12.7. The fourth-order valence-corrected chi connectivity index (χ4v) is 3.93. The topological polar surface area (TPSA) is 80.5 Å². The monoisotopic (exact) mass is 494 g/mol. The van der Waals surface area contributed by atoms with Crippen molar-refractivity contribution in [2.45, 2.75) is 19.0 Å². The second kappa shape index (κ2) is 9.73. The number of anilines is 1. The molecular formula is C26H21F3N4O3. The van der Waals surface area contributed by atoms with Crippen LogP contribution in [0.4, 0.5) is 23.8 Å². The Morgan fingerprint density at radius 3 is 2.61 bits per heavy atom. The quantitative estimate of drug-likeness (QED) is 0.340. The minimum atomic E-state index is -4.45. The van der Waals surface area contributed by atoms with Gasteiger partial charge in [0.2, 0.25) is 11.8 Å². The number of rotatable bonds is 4. The number of fused-ring (bicyclic) bond motifs is 1. The van der Waals surface area contributed by atoms with Crippen molar-refractivity contribution in [2.75, 3.05) is 18.4 Å². The van der Waals surface area contributed by atoms with Crippen LogP contribution in [0.3, 0.4) is 0 Å². The molecule has 36 heavy (non-hydrogen) atoms. The molecule has 1 aliphatic heterocycles. The first-order valence-electron chi connectivity index (χ1n) is 11.3. The van der Waals surface area contributed by atoms with Crippen LogP contribution in [0.15, 0.2) is 77.0 Å². The summed E-state index contributed by atoms with van der Waals surface area (Å²) in [5.74, 6) is 0.871. The third-order valence-corrected chi connectivity index (χ3v) is 5.81. The van der Waals surface area contributed by atoms with Gasteiger partial charge in [0.05, 0.1) is 10.9 Å². The Morgan fingerprint density at radius 2 is 1.86 bits per heavy atom. The van der Waals surface area contributed by atoms with Crippen molar-refractivity contribution in [3.05, 3.63) is 83.6 Å². The Kier molecular flexibility index (Phi) is 6.32. The van der Waals surface area contributed by atoms with E-state index in [4.69, 9.17) is 9.26 Å². The van der Waals surface area contributed by atoms with Gasteiger partial charge in [-0.2, -0.15) is 13.2 Å². The maximum Gasteiger partial charge on any atom is 0.417 e. The molecule has 2 amide bonds. The second-order valence-electron chi connectivity index (χ2n) is 8.31. The smallest absolute Gasteiger partial charge is 0.417 e. The van der Waals surface area contributed by atoms with Gasteiger partial charge in [-0.3, -0.25) is 5.32 Å². The lowest BCUT2D eigenvalue weighted by atomic mass is 10.0. The number of pyridine rings is 1. The number of hydrogen-bond acceptors (Lipinski definition) is 5. The lowest BCUT2D eigenvalue weighted by molar-refractivity contribution is -0.137. The van der Waals surface area contributed by atoms with Gasteiger partial charge in [0.25, 0.3) is 0 Å².